The second-order valence-corrected chi connectivity index (χ2v) is 6.47. The van der Waals surface area contributed by atoms with Gasteiger partial charge in [0, 0.05) is 31.4 Å². The molecule has 0 aliphatic carbocycles. The Kier molecular flexibility index (Phi) is 4.04. The van der Waals surface area contributed by atoms with E-state index < -0.39 is 0 Å². The smallest absolute Gasteiger partial charge is 0.121 e. The monoisotopic (exact) mass is 262 g/mol. The van der Waals surface area contributed by atoms with Gasteiger partial charge in [0.1, 0.15) is 5.75 Å². The van der Waals surface area contributed by atoms with Crippen molar-refractivity contribution in [3.05, 3.63) is 23.8 Å². The molecule has 1 aliphatic rings. The molecular formula is C16H26N2O. The van der Waals surface area contributed by atoms with Gasteiger partial charge in [-0.05, 0) is 36.1 Å². The largest absolute Gasteiger partial charge is 0.496 e. The zero-order valence-corrected chi connectivity index (χ0v) is 12.8. The van der Waals surface area contributed by atoms with Crippen LogP contribution in [0.15, 0.2) is 18.2 Å². The van der Waals surface area contributed by atoms with E-state index in [1.54, 1.807) is 7.11 Å². The van der Waals surface area contributed by atoms with E-state index in [2.05, 4.69) is 56.1 Å². The second kappa shape index (κ2) is 5.41. The molecule has 0 spiro atoms. The summed E-state index contributed by atoms with van der Waals surface area (Å²) in [6.45, 7) is 12.2. The topological polar surface area (TPSA) is 24.5 Å². The van der Waals surface area contributed by atoms with Crippen molar-refractivity contribution in [3.8, 4) is 5.75 Å². The van der Waals surface area contributed by atoms with Crippen molar-refractivity contribution in [2.24, 2.45) is 5.41 Å². The third-order valence-electron chi connectivity index (χ3n) is 3.96. The quantitative estimate of drug-likeness (QED) is 0.887. The molecule has 1 unspecified atom stereocenters. The number of nitrogens with one attached hydrogen (secondary N) is 1. The van der Waals surface area contributed by atoms with Gasteiger partial charge < -0.3 is 15.0 Å². The van der Waals surface area contributed by atoms with Gasteiger partial charge in [-0.2, -0.15) is 0 Å². The number of nitrogens with zero attached hydrogens (tertiary/aromatic N) is 1. The number of methoxy groups -OCH3 is 1. The van der Waals surface area contributed by atoms with Crippen molar-refractivity contribution < 1.29 is 4.74 Å². The van der Waals surface area contributed by atoms with Gasteiger partial charge in [-0.1, -0.05) is 20.8 Å². The minimum Gasteiger partial charge on any atom is -0.496 e. The SMILES string of the molecule is COc1ccc(N2CCNC(C(C)(C)C)C2)cc1C. The number of hydrogen-bond acceptors (Lipinski definition) is 3. The molecule has 3 nitrogen and oxygen atoms in total. The van der Waals surface area contributed by atoms with Gasteiger partial charge in [0.25, 0.3) is 0 Å². The summed E-state index contributed by atoms with van der Waals surface area (Å²) in [5.74, 6) is 0.964. The maximum atomic E-state index is 5.33. The Hall–Kier alpha value is -1.22. The van der Waals surface area contributed by atoms with Crippen molar-refractivity contribution in [2.75, 3.05) is 31.6 Å². The van der Waals surface area contributed by atoms with Crippen LogP contribution in [0.1, 0.15) is 26.3 Å². The predicted molar refractivity (Wildman–Crippen MR) is 81.2 cm³/mol. The van der Waals surface area contributed by atoms with E-state index in [0.717, 1.165) is 25.4 Å². The first-order valence-electron chi connectivity index (χ1n) is 7.05. The fraction of sp³-hybridized carbons (Fsp3) is 0.625. The number of ether oxygens (including phenoxy) is 1. The van der Waals surface area contributed by atoms with E-state index in [-0.39, 0.29) is 0 Å². The summed E-state index contributed by atoms with van der Waals surface area (Å²) in [5.41, 5.74) is 2.79. The number of hydrogen-bond donors (Lipinski definition) is 1. The summed E-state index contributed by atoms with van der Waals surface area (Å²) in [6.07, 6.45) is 0. The normalized spacial score (nSPS) is 20.5. The van der Waals surface area contributed by atoms with Crippen LogP contribution in [-0.4, -0.2) is 32.8 Å². The lowest BCUT2D eigenvalue weighted by molar-refractivity contribution is 0.254. The lowest BCUT2D eigenvalue weighted by Gasteiger charge is -2.41. The third-order valence-corrected chi connectivity index (χ3v) is 3.96. The highest BCUT2D eigenvalue weighted by atomic mass is 16.5. The van der Waals surface area contributed by atoms with Gasteiger partial charge in [0.05, 0.1) is 7.11 Å². The fourth-order valence-corrected chi connectivity index (χ4v) is 2.62. The van der Waals surface area contributed by atoms with E-state index in [4.69, 9.17) is 4.74 Å². The maximum Gasteiger partial charge on any atom is 0.121 e. The standard InChI is InChI=1S/C16H26N2O/c1-12-10-13(6-7-14(12)19-5)18-9-8-17-15(11-18)16(2,3)4/h6-7,10,15,17H,8-9,11H2,1-5H3. The Bertz CT molecular complexity index is 437. The molecule has 3 heteroatoms. The van der Waals surface area contributed by atoms with Crippen LogP contribution < -0.4 is 15.0 Å². The molecular weight excluding hydrogens is 236 g/mol. The summed E-state index contributed by atoms with van der Waals surface area (Å²) in [4.78, 5) is 2.47. The van der Waals surface area contributed by atoms with Gasteiger partial charge >= 0.3 is 0 Å². The van der Waals surface area contributed by atoms with Crippen molar-refractivity contribution in [3.63, 3.8) is 0 Å². The van der Waals surface area contributed by atoms with E-state index in [9.17, 15) is 0 Å². The minimum absolute atomic E-state index is 0.292. The van der Waals surface area contributed by atoms with Crippen LogP contribution in [-0.2, 0) is 0 Å². The molecule has 2 rings (SSSR count). The summed E-state index contributed by atoms with van der Waals surface area (Å²) < 4.78 is 5.33. The summed E-state index contributed by atoms with van der Waals surface area (Å²) in [7, 11) is 1.72. The Balaban J connectivity index is 2.15. The zero-order valence-electron chi connectivity index (χ0n) is 12.8. The average Bonchev–Trinajstić information content (AvgIpc) is 2.38. The number of piperazine rings is 1. The first-order chi connectivity index (χ1) is 8.91. The van der Waals surface area contributed by atoms with E-state index in [0.29, 0.717) is 11.5 Å². The molecule has 0 saturated carbocycles. The van der Waals surface area contributed by atoms with Crippen LogP contribution in [0.4, 0.5) is 5.69 Å². The molecule has 0 radical (unpaired) electrons. The molecule has 0 aromatic heterocycles. The second-order valence-electron chi connectivity index (χ2n) is 6.47. The van der Waals surface area contributed by atoms with Crippen LogP contribution >= 0.6 is 0 Å². The van der Waals surface area contributed by atoms with E-state index in [1.807, 2.05) is 0 Å². The van der Waals surface area contributed by atoms with Gasteiger partial charge in [0.2, 0.25) is 0 Å². The van der Waals surface area contributed by atoms with E-state index in [1.165, 1.54) is 11.3 Å². The molecule has 19 heavy (non-hydrogen) atoms. The Labute approximate surface area is 116 Å². The minimum atomic E-state index is 0.292. The van der Waals surface area contributed by atoms with Crippen molar-refractivity contribution in [1.29, 1.82) is 0 Å². The highest BCUT2D eigenvalue weighted by Gasteiger charge is 2.29. The number of aryl methyl sites for hydroxylation is 1. The van der Waals surface area contributed by atoms with Crippen molar-refractivity contribution >= 4 is 5.69 Å². The highest BCUT2D eigenvalue weighted by Crippen LogP contribution is 2.28. The third kappa shape index (κ3) is 3.21. The van der Waals surface area contributed by atoms with Crippen molar-refractivity contribution in [2.45, 2.75) is 33.7 Å². The molecule has 1 saturated heterocycles. The molecule has 0 bridgehead atoms. The molecule has 1 aliphatic heterocycles. The first kappa shape index (κ1) is 14.2. The van der Waals surface area contributed by atoms with Gasteiger partial charge in [0.15, 0.2) is 0 Å². The van der Waals surface area contributed by atoms with E-state index >= 15 is 0 Å². The Morgan fingerprint density at radius 3 is 2.63 bits per heavy atom. The lowest BCUT2D eigenvalue weighted by atomic mass is 9.85. The summed E-state index contributed by atoms with van der Waals surface area (Å²) in [5, 5.41) is 3.63. The number of benzene rings is 1. The lowest BCUT2D eigenvalue weighted by Crippen LogP contribution is -2.56. The molecule has 1 heterocycles. The summed E-state index contributed by atoms with van der Waals surface area (Å²) >= 11 is 0. The average molecular weight is 262 g/mol. The number of rotatable bonds is 2. The fourth-order valence-electron chi connectivity index (χ4n) is 2.62. The summed E-state index contributed by atoms with van der Waals surface area (Å²) in [6, 6.07) is 6.99. The van der Waals surface area contributed by atoms with Crippen LogP contribution in [0.5, 0.6) is 5.75 Å². The van der Waals surface area contributed by atoms with Crippen molar-refractivity contribution in [1.82, 2.24) is 5.32 Å². The maximum absolute atomic E-state index is 5.33. The van der Waals surface area contributed by atoms with Crippen LogP contribution in [0.2, 0.25) is 0 Å². The van der Waals surface area contributed by atoms with Crippen LogP contribution in [0.25, 0.3) is 0 Å². The van der Waals surface area contributed by atoms with Gasteiger partial charge in [-0.15, -0.1) is 0 Å². The Morgan fingerprint density at radius 2 is 2.05 bits per heavy atom. The Morgan fingerprint density at radius 1 is 1.32 bits per heavy atom. The zero-order chi connectivity index (χ0) is 14.0. The predicted octanol–water partition coefficient (Wildman–Crippen LogP) is 2.83. The molecule has 106 valence electrons. The molecule has 1 aromatic rings. The highest BCUT2D eigenvalue weighted by molar-refractivity contribution is 5.53. The van der Waals surface area contributed by atoms with Crippen LogP contribution in [0, 0.1) is 12.3 Å². The molecule has 1 aromatic carbocycles. The molecule has 1 atom stereocenters. The van der Waals surface area contributed by atoms with Gasteiger partial charge in [-0.25, -0.2) is 0 Å². The first-order valence-corrected chi connectivity index (χ1v) is 7.05. The molecule has 1 fully saturated rings. The van der Waals surface area contributed by atoms with Crippen LogP contribution in [0.3, 0.4) is 0 Å². The molecule has 0 amide bonds. The van der Waals surface area contributed by atoms with Gasteiger partial charge in [-0.3, -0.25) is 0 Å². The number of anilines is 1. The molecule has 1 N–H and O–H groups in total.